The molecule has 1 spiro atoms. The first-order chi connectivity index (χ1) is 19.8. The summed E-state index contributed by atoms with van der Waals surface area (Å²) in [5.74, 6) is -1.13. The van der Waals surface area contributed by atoms with Gasteiger partial charge in [-0.15, -0.1) is 0 Å². The van der Waals surface area contributed by atoms with Crippen molar-refractivity contribution >= 4 is 23.4 Å². The number of nitrogens with zero attached hydrogens (tertiary/aromatic N) is 1. The Bertz CT molecular complexity index is 1330. The standard InChI is InChI=1S/C33H39N3O5/c1-20(2)22-11-13-24(14-12-22)34-30(37)27-26-17-18-33(41-26)28(27)32(39)36(19-21-9-15-25(40-3)16-10-21)29(33)31(38)35-23-7-5-4-6-8-23/h9-18,20,23,26-29H,4-8,19H2,1-3H3,(H,34,37)(H,35,38)/t26-,27-,28-,29+,33-/m0/s1. The van der Waals surface area contributed by atoms with Crippen molar-refractivity contribution in [3.05, 3.63) is 71.8 Å². The molecule has 0 unspecified atom stereocenters. The second kappa shape index (κ2) is 11.0. The van der Waals surface area contributed by atoms with Crippen molar-refractivity contribution in [2.45, 2.75) is 82.2 Å². The third kappa shape index (κ3) is 4.92. The normalized spacial score (nSPS) is 28.7. The molecule has 0 aromatic heterocycles. The molecule has 2 aromatic rings. The van der Waals surface area contributed by atoms with Crippen LogP contribution in [0.3, 0.4) is 0 Å². The van der Waals surface area contributed by atoms with Gasteiger partial charge in [0, 0.05) is 18.3 Å². The Morgan fingerprint density at radius 3 is 2.39 bits per heavy atom. The molecule has 4 aliphatic rings. The highest BCUT2D eigenvalue weighted by atomic mass is 16.5. The van der Waals surface area contributed by atoms with Crippen LogP contribution < -0.4 is 15.4 Å². The zero-order chi connectivity index (χ0) is 28.7. The van der Waals surface area contributed by atoms with E-state index < -0.39 is 29.6 Å². The summed E-state index contributed by atoms with van der Waals surface area (Å²) in [6.07, 6.45) is 8.35. The van der Waals surface area contributed by atoms with Crippen molar-refractivity contribution in [2.24, 2.45) is 11.8 Å². The molecule has 1 saturated carbocycles. The van der Waals surface area contributed by atoms with Crippen molar-refractivity contribution < 1.29 is 23.9 Å². The highest BCUT2D eigenvalue weighted by Crippen LogP contribution is 2.55. The Kier molecular flexibility index (Phi) is 7.36. The average Bonchev–Trinajstić information content (AvgIpc) is 3.62. The number of hydrogen-bond donors (Lipinski definition) is 2. The van der Waals surface area contributed by atoms with Gasteiger partial charge in [0.05, 0.1) is 25.0 Å². The van der Waals surface area contributed by atoms with Crippen LogP contribution in [0.5, 0.6) is 5.75 Å². The molecule has 2 saturated heterocycles. The molecule has 3 amide bonds. The minimum absolute atomic E-state index is 0.0835. The summed E-state index contributed by atoms with van der Waals surface area (Å²) in [6, 6.07) is 14.5. The number of carbonyl (C=O) groups excluding carboxylic acids is 3. The van der Waals surface area contributed by atoms with Crippen LogP contribution >= 0.6 is 0 Å². The monoisotopic (exact) mass is 557 g/mol. The number of carbonyl (C=O) groups is 3. The quantitative estimate of drug-likeness (QED) is 0.464. The third-order valence-corrected chi connectivity index (χ3v) is 9.23. The first-order valence-electron chi connectivity index (χ1n) is 14.8. The second-order valence-electron chi connectivity index (χ2n) is 12.1. The first-order valence-corrected chi connectivity index (χ1v) is 14.8. The molecular weight excluding hydrogens is 518 g/mol. The van der Waals surface area contributed by atoms with Gasteiger partial charge in [0.2, 0.25) is 17.7 Å². The molecule has 3 fully saturated rings. The van der Waals surface area contributed by atoms with E-state index in [9.17, 15) is 14.4 Å². The van der Waals surface area contributed by atoms with E-state index in [1.165, 1.54) is 12.0 Å². The lowest BCUT2D eigenvalue weighted by molar-refractivity contribution is -0.142. The predicted octanol–water partition coefficient (Wildman–Crippen LogP) is 4.56. The number of likely N-dealkylation sites (tertiary alicyclic amines) is 1. The summed E-state index contributed by atoms with van der Waals surface area (Å²) >= 11 is 0. The van der Waals surface area contributed by atoms with Gasteiger partial charge in [-0.1, -0.05) is 69.5 Å². The highest BCUT2D eigenvalue weighted by molar-refractivity contribution is 6.02. The largest absolute Gasteiger partial charge is 0.497 e. The van der Waals surface area contributed by atoms with Crippen LogP contribution in [0.15, 0.2) is 60.7 Å². The molecular formula is C33H39N3O5. The number of amides is 3. The number of rotatable bonds is 8. The summed E-state index contributed by atoms with van der Waals surface area (Å²) in [7, 11) is 1.61. The van der Waals surface area contributed by atoms with Crippen LogP contribution in [0.25, 0.3) is 0 Å². The summed E-state index contributed by atoms with van der Waals surface area (Å²) in [4.78, 5) is 43.6. The van der Waals surface area contributed by atoms with Crippen molar-refractivity contribution in [1.29, 1.82) is 0 Å². The molecule has 3 aliphatic heterocycles. The van der Waals surface area contributed by atoms with E-state index in [1.807, 2.05) is 60.7 Å². The summed E-state index contributed by atoms with van der Waals surface area (Å²) in [5.41, 5.74) is 1.54. The minimum Gasteiger partial charge on any atom is -0.497 e. The maximum Gasteiger partial charge on any atom is 0.246 e. The summed E-state index contributed by atoms with van der Waals surface area (Å²) in [6.45, 7) is 4.48. The van der Waals surface area contributed by atoms with Crippen molar-refractivity contribution in [2.75, 3.05) is 12.4 Å². The van der Waals surface area contributed by atoms with E-state index >= 15 is 0 Å². The van der Waals surface area contributed by atoms with Crippen molar-refractivity contribution in [3.8, 4) is 5.75 Å². The lowest BCUT2D eigenvalue weighted by Gasteiger charge is -2.34. The zero-order valence-electron chi connectivity index (χ0n) is 24.0. The lowest BCUT2D eigenvalue weighted by atomic mass is 9.74. The molecule has 2 N–H and O–H groups in total. The van der Waals surface area contributed by atoms with Gasteiger partial charge in [-0.25, -0.2) is 0 Å². The van der Waals surface area contributed by atoms with Gasteiger partial charge >= 0.3 is 0 Å². The molecule has 216 valence electrons. The third-order valence-electron chi connectivity index (χ3n) is 9.23. The van der Waals surface area contributed by atoms with Gasteiger partial charge in [-0.2, -0.15) is 0 Å². The fourth-order valence-corrected chi connectivity index (χ4v) is 7.07. The Hall–Kier alpha value is -3.65. The molecule has 2 bridgehead atoms. The number of anilines is 1. The van der Waals surface area contributed by atoms with E-state index in [4.69, 9.17) is 9.47 Å². The van der Waals surface area contributed by atoms with Crippen molar-refractivity contribution in [3.63, 3.8) is 0 Å². The first kappa shape index (κ1) is 27.5. The molecule has 1 aliphatic carbocycles. The molecule has 8 heteroatoms. The number of methoxy groups -OCH3 is 1. The lowest BCUT2D eigenvalue weighted by Crippen LogP contribution is -2.56. The fourth-order valence-electron chi connectivity index (χ4n) is 7.07. The van der Waals surface area contributed by atoms with Crippen LogP contribution in [0.1, 0.15) is 63.0 Å². The molecule has 8 nitrogen and oxygen atoms in total. The maximum absolute atomic E-state index is 14.2. The zero-order valence-corrected chi connectivity index (χ0v) is 24.0. The van der Waals surface area contributed by atoms with E-state index in [0.717, 1.165) is 31.2 Å². The Labute approximate surface area is 241 Å². The highest BCUT2D eigenvalue weighted by Gasteiger charge is 2.72. The molecule has 5 atom stereocenters. The fraction of sp³-hybridized carbons (Fsp3) is 0.485. The number of benzene rings is 2. The van der Waals surface area contributed by atoms with Gasteiger partial charge in [0.15, 0.2) is 0 Å². The minimum atomic E-state index is -1.18. The number of ether oxygens (including phenoxy) is 2. The predicted molar refractivity (Wildman–Crippen MR) is 155 cm³/mol. The van der Waals surface area contributed by atoms with Gasteiger partial charge in [-0.05, 0) is 54.2 Å². The summed E-state index contributed by atoms with van der Waals surface area (Å²) in [5, 5.41) is 6.25. The molecule has 41 heavy (non-hydrogen) atoms. The summed E-state index contributed by atoms with van der Waals surface area (Å²) < 4.78 is 11.8. The van der Waals surface area contributed by atoms with Crippen LogP contribution in [-0.4, -0.2) is 53.5 Å². The van der Waals surface area contributed by atoms with Crippen LogP contribution in [0.4, 0.5) is 5.69 Å². The van der Waals surface area contributed by atoms with Gasteiger partial charge in [0.1, 0.15) is 17.4 Å². The van der Waals surface area contributed by atoms with Crippen LogP contribution in [-0.2, 0) is 25.7 Å². The van der Waals surface area contributed by atoms with E-state index in [1.54, 1.807) is 12.0 Å². The van der Waals surface area contributed by atoms with E-state index in [0.29, 0.717) is 17.4 Å². The van der Waals surface area contributed by atoms with Crippen LogP contribution in [0.2, 0.25) is 0 Å². The molecule has 6 rings (SSSR count). The maximum atomic E-state index is 14.2. The van der Waals surface area contributed by atoms with E-state index in [2.05, 4.69) is 24.5 Å². The molecule has 3 heterocycles. The number of nitrogens with one attached hydrogen (secondary N) is 2. The van der Waals surface area contributed by atoms with Crippen LogP contribution in [0, 0.1) is 11.8 Å². The smallest absolute Gasteiger partial charge is 0.246 e. The topological polar surface area (TPSA) is 97.0 Å². The Morgan fingerprint density at radius 1 is 1.02 bits per heavy atom. The van der Waals surface area contributed by atoms with Gasteiger partial charge in [0.25, 0.3) is 0 Å². The average molecular weight is 558 g/mol. The Balaban J connectivity index is 1.29. The Morgan fingerprint density at radius 2 is 1.73 bits per heavy atom. The van der Waals surface area contributed by atoms with Crippen molar-refractivity contribution in [1.82, 2.24) is 10.2 Å². The molecule has 2 aromatic carbocycles. The van der Waals surface area contributed by atoms with E-state index in [-0.39, 0.29) is 30.3 Å². The number of fused-ring (bicyclic) bond motifs is 1. The SMILES string of the molecule is COc1ccc(CN2C(=O)[C@@H]3[C@@H](C(=O)Nc4ccc(C(C)C)cc4)[C@@H]4C=C[C@@]3(O4)[C@H]2C(=O)NC2CCCCC2)cc1. The second-order valence-corrected chi connectivity index (χ2v) is 12.1. The number of hydrogen-bond acceptors (Lipinski definition) is 5. The van der Waals surface area contributed by atoms with Gasteiger partial charge < -0.3 is 25.0 Å². The molecule has 0 radical (unpaired) electrons. The van der Waals surface area contributed by atoms with Gasteiger partial charge in [-0.3, -0.25) is 14.4 Å².